The monoisotopic (exact) mass is 463 g/mol. The van der Waals surface area contributed by atoms with Gasteiger partial charge in [0.1, 0.15) is 5.60 Å². The SMILES string of the molecule is CCNc1ncc(F)c(Nc2nn(C(=O)OCC)c3c2CN(C(=O)OC(C)(C)C)C3(C)C)n1. The maximum Gasteiger partial charge on any atom is 0.435 e. The molecule has 0 aromatic carbocycles. The van der Waals surface area contributed by atoms with Crippen molar-refractivity contribution in [1.82, 2.24) is 24.6 Å². The van der Waals surface area contributed by atoms with Crippen LogP contribution in [0.1, 0.15) is 59.7 Å². The van der Waals surface area contributed by atoms with Crippen molar-refractivity contribution in [3.63, 3.8) is 0 Å². The van der Waals surface area contributed by atoms with E-state index in [1.54, 1.807) is 41.5 Å². The third-order valence-corrected chi connectivity index (χ3v) is 4.92. The van der Waals surface area contributed by atoms with E-state index in [0.29, 0.717) is 17.8 Å². The molecule has 0 radical (unpaired) electrons. The van der Waals surface area contributed by atoms with Crippen LogP contribution >= 0.6 is 0 Å². The summed E-state index contributed by atoms with van der Waals surface area (Å²) < 4.78 is 26.3. The average Bonchev–Trinajstić information content (AvgIpc) is 3.19. The lowest BCUT2D eigenvalue weighted by atomic mass is 10.0. The molecule has 3 heterocycles. The van der Waals surface area contributed by atoms with Crippen molar-refractivity contribution in [3.8, 4) is 0 Å². The number of carbonyl (C=O) groups excluding carboxylic acids is 2. The number of hydrogen-bond donors (Lipinski definition) is 2. The molecular formula is C21H30FN7O4. The molecule has 0 bridgehead atoms. The first kappa shape index (κ1) is 24.2. The number of fused-ring (bicyclic) bond motifs is 1. The third-order valence-electron chi connectivity index (χ3n) is 4.92. The van der Waals surface area contributed by atoms with Gasteiger partial charge in [0.05, 0.1) is 30.6 Å². The minimum atomic E-state index is -0.962. The molecule has 2 N–H and O–H groups in total. The predicted octanol–water partition coefficient (Wildman–Crippen LogP) is 3.98. The number of amides is 1. The highest BCUT2D eigenvalue weighted by atomic mass is 19.1. The first-order valence-corrected chi connectivity index (χ1v) is 10.7. The van der Waals surface area contributed by atoms with Crippen molar-refractivity contribution in [2.24, 2.45) is 0 Å². The zero-order valence-electron chi connectivity index (χ0n) is 19.9. The van der Waals surface area contributed by atoms with Crippen LogP contribution < -0.4 is 10.6 Å². The molecule has 1 amide bonds. The Bertz CT molecular complexity index is 1060. The number of anilines is 3. The van der Waals surface area contributed by atoms with E-state index in [-0.39, 0.29) is 30.7 Å². The van der Waals surface area contributed by atoms with Crippen LogP contribution in [0, 0.1) is 5.82 Å². The lowest BCUT2D eigenvalue weighted by Crippen LogP contribution is -2.44. The molecule has 0 saturated carbocycles. The van der Waals surface area contributed by atoms with Crippen LogP contribution in [0.25, 0.3) is 0 Å². The summed E-state index contributed by atoms with van der Waals surface area (Å²) >= 11 is 0. The molecule has 0 atom stereocenters. The molecule has 12 heteroatoms. The van der Waals surface area contributed by atoms with E-state index < -0.39 is 29.1 Å². The van der Waals surface area contributed by atoms with Gasteiger partial charge < -0.3 is 20.1 Å². The standard InChI is InChI=1S/C21H30FN7O4/c1-8-23-17-24-10-13(22)16(26-17)25-15-12-11-28(18(30)33-20(3,4)5)21(6,7)14(12)29(27-15)19(31)32-9-2/h10H,8-9,11H2,1-7H3,(H2,23,24,25,26,27). The Morgan fingerprint density at radius 3 is 2.52 bits per heavy atom. The van der Waals surface area contributed by atoms with Crippen molar-refractivity contribution in [2.45, 2.75) is 66.2 Å². The number of aromatic nitrogens is 4. The van der Waals surface area contributed by atoms with Gasteiger partial charge in [-0.2, -0.15) is 9.67 Å². The van der Waals surface area contributed by atoms with Crippen LogP contribution in [0.3, 0.4) is 0 Å². The summed E-state index contributed by atoms with van der Waals surface area (Å²) in [5.74, 6) is -0.404. The number of nitrogens with zero attached hydrogens (tertiary/aromatic N) is 5. The topological polar surface area (TPSA) is 124 Å². The average molecular weight is 464 g/mol. The van der Waals surface area contributed by atoms with Crippen LogP contribution in [-0.2, 0) is 21.6 Å². The molecule has 0 aliphatic carbocycles. The first-order chi connectivity index (χ1) is 15.4. The second-order valence-corrected chi connectivity index (χ2v) is 8.96. The largest absolute Gasteiger partial charge is 0.448 e. The van der Waals surface area contributed by atoms with Gasteiger partial charge in [-0.15, -0.1) is 5.10 Å². The summed E-state index contributed by atoms with van der Waals surface area (Å²) in [5, 5.41) is 10.1. The maximum absolute atomic E-state index is 14.5. The van der Waals surface area contributed by atoms with Crippen molar-refractivity contribution in [1.29, 1.82) is 0 Å². The van der Waals surface area contributed by atoms with Crippen molar-refractivity contribution < 1.29 is 23.5 Å². The number of ether oxygens (including phenoxy) is 2. The molecule has 0 saturated heterocycles. The Labute approximate surface area is 191 Å². The van der Waals surface area contributed by atoms with Crippen LogP contribution in [0.4, 0.5) is 31.6 Å². The molecule has 1 aliphatic heterocycles. The molecule has 2 aromatic rings. The highest BCUT2D eigenvalue weighted by Crippen LogP contribution is 2.43. The van der Waals surface area contributed by atoms with Crippen LogP contribution in [-0.4, -0.2) is 55.6 Å². The number of halogens is 1. The molecule has 0 unspecified atom stereocenters. The zero-order valence-corrected chi connectivity index (χ0v) is 19.9. The predicted molar refractivity (Wildman–Crippen MR) is 119 cm³/mol. The number of carbonyl (C=O) groups is 2. The number of nitrogens with one attached hydrogen (secondary N) is 2. The molecule has 3 rings (SSSR count). The van der Waals surface area contributed by atoms with E-state index in [1.165, 1.54) is 4.90 Å². The Hall–Kier alpha value is -3.44. The molecule has 0 fully saturated rings. The Balaban J connectivity index is 2.06. The van der Waals surface area contributed by atoms with E-state index >= 15 is 0 Å². The van der Waals surface area contributed by atoms with E-state index in [4.69, 9.17) is 9.47 Å². The van der Waals surface area contributed by atoms with Gasteiger partial charge in [-0.25, -0.2) is 19.0 Å². The molecule has 0 spiro atoms. The summed E-state index contributed by atoms with van der Waals surface area (Å²) in [4.78, 5) is 35.1. The summed E-state index contributed by atoms with van der Waals surface area (Å²) in [6.07, 6.45) is -0.225. The van der Waals surface area contributed by atoms with Crippen LogP contribution in [0.15, 0.2) is 6.20 Å². The number of rotatable bonds is 5. The highest BCUT2D eigenvalue weighted by Gasteiger charge is 2.48. The van der Waals surface area contributed by atoms with Gasteiger partial charge in [0.25, 0.3) is 0 Å². The minimum absolute atomic E-state index is 0.0890. The van der Waals surface area contributed by atoms with Crippen molar-refractivity contribution in [3.05, 3.63) is 23.3 Å². The second-order valence-electron chi connectivity index (χ2n) is 8.96. The fraction of sp³-hybridized carbons (Fsp3) is 0.571. The molecular weight excluding hydrogens is 433 g/mol. The normalized spacial score (nSPS) is 14.6. The van der Waals surface area contributed by atoms with Gasteiger partial charge >= 0.3 is 12.2 Å². The Morgan fingerprint density at radius 1 is 1.21 bits per heavy atom. The van der Waals surface area contributed by atoms with E-state index in [1.807, 2.05) is 6.92 Å². The fourth-order valence-corrected chi connectivity index (χ4v) is 3.55. The molecule has 1 aliphatic rings. The molecule has 180 valence electrons. The quantitative estimate of drug-likeness (QED) is 0.677. The van der Waals surface area contributed by atoms with Crippen molar-refractivity contribution in [2.75, 3.05) is 23.8 Å². The second kappa shape index (κ2) is 8.83. The van der Waals surface area contributed by atoms with Gasteiger partial charge in [0.2, 0.25) is 5.95 Å². The van der Waals surface area contributed by atoms with Gasteiger partial charge in [-0.1, -0.05) is 0 Å². The number of hydrogen-bond acceptors (Lipinski definition) is 9. The fourth-order valence-electron chi connectivity index (χ4n) is 3.55. The van der Waals surface area contributed by atoms with E-state index in [0.717, 1.165) is 10.9 Å². The van der Waals surface area contributed by atoms with Crippen molar-refractivity contribution >= 4 is 29.8 Å². The van der Waals surface area contributed by atoms with Gasteiger partial charge in [-0.05, 0) is 48.5 Å². The molecule has 33 heavy (non-hydrogen) atoms. The Kier molecular flexibility index (Phi) is 6.48. The summed E-state index contributed by atoms with van der Waals surface area (Å²) in [6, 6.07) is 0. The zero-order chi connectivity index (χ0) is 24.6. The smallest absolute Gasteiger partial charge is 0.435 e. The van der Waals surface area contributed by atoms with Gasteiger partial charge in [-0.3, -0.25) is 4.90 Å². The van der Waals surface area contributed by atoms with Gasteiger partial charge in [0.15, 0.2) is 17.5 Å². The van der Waals surface area contributed by atoms with E-state index in [9.17, 15) is 14.0 Å². The minimum Gasteiger partial charge on any atom is -0.448 e. The van der Waals surface area contributed by atoms with E-state index in [2.05, 4.69) is 25.7 Å². The molecule has 2 aromatic heterocycles. The summed E-state index contributed by atoms with van der Waals surface area (Å²) in [5.41, 5.74) is -0.697. The van der Waals surface area contributed by atoms with Crippen LogP contribution in [0.5, 0.6) is 0 Å². The lowest BCUT2D eigenvalue weighted by molar-refractivity contribution is 0.00387. The molecule has 11 nitrogen and oxygen atoms in total. The highest BCUT2D eigenvalue weighted by molar-refractivity contribution is 5.77. The summed E-state index contributed by atoms with van der Waals surface area (Å²) in [7, 11) is 0. The maximum atomic E-state index is 14.5. The third kappa shape index (κ3) is 4.83. The van der Waals surface area contributed by atoms with Gasteiger partial charge in [0, 0.05) is 12.1 Å². The lowest BCUT2D eigenvalue weighted by Gasteiger charge is -2.34. The van der Waals surface area contributed by atoms with Crippen LogP contribution in [0.2, 0.25) is 0 Å². The Morgan fingerprint density at radius 2 is 1.91 bits per heavy atom. The summed E-state index contributed by atoms with van der Waals surface area (Å²) in [6.45, 7) is 13.2. The first-order valence-electron chi connectivity index (χ1n) is 10.7.